The molecule has 0 saturated heterocycles. The average molecular weight is 501 g/mol. The highest BCUT2D eigenvalue weighted by Crippen LogP contribution is 2.39. The number of benzene rings is 1. The van der Waals surface area contributed by atoms with Gasteiger partial charge in [0.25, 0.3) is 0 Å². The number of imide groups is 1. The number of rotatable bonds is 1. The number of anilines is 2. The van der Waals surface area contributed by atoms with Crippen LogP contribution in [0.25, 0.3) is 11.3 Å². The van der Waals surface area contributed by atoms with Crippen molar-refractivity contribution in [1.29, 1.82) is 0 Å². The highest BCUT2D eigenvalue weighted by atomic mass is 16.6. The first-order chi connectivity index (χ1) is 16.4. The molecule has 1 aliphatic carbocycles. The van der Waals surface area contributed by atoms with Crippen LogP contribution < -0.4 is 10.6 Å². The Labute approximate surface area is 211 Å². The molecule has 2 amide bonds. The normalized spacial score (nSPS) is 13.4. The number of nitrogens with two attached hydrogens (primary N) is 1. The third kappa shape index (κ3) is 5.98. The molecule has 1 aromatic heterocycles. The molecule has 0 fully saturated rings. The Morgan fingerprint density at radius 1 is 0.861 bits per heavy atom. The van der Waals surface area contributed by atoms with Gasteiger partial charge in [0.15, 0.2) is 0 Å². The van der Waals surface area contributed by atoms with Gasteiger partial charge in [-0.3, -0.25) is 0 Å². The molecule has 0 atom stereocenters. The Morgan fingerprint density at radius 2 is 1.39 bits per heavy atom. The summed E-state index contributed by atoms with van der Waals surface area (Å²) in [5.41, 5.74) is 6.53. The number of carbonyl (C=O) groups is 3. The van der Waals surface area contributed by atoms with E-state index in [-0.39, 0.29) is 5.95 Å². The van der Waals surface area contributed by atoms with E-state index in [0.29, 0.717) is 40.4 Å². The topological polar surface area (TPSA) is 126 Å². The molecule has 0 bridgehead atoms. The highest BCUT2D eigenvalue weighted by Gasteiger charge is 2.40. The molecule has 1 aromatic carbocycles. The van der Waals surface area contributed by atoms with Crippen LogP contribution in [0.3, 0.4) is 0 Å². The maximum absolute atomic E-state index is 13.6. The molecule has 3 rings (SSSR count). The van der Waals surface area contributed by atoms with Crippen LogP contribution in [-0.4, -0.2) is 44.6 Å². The maximum atomic E-state index is 13.6. The van der Waals surface area contributed by atoms with E-state index < -0.39 is 35.1 Å². The number of amides is 2. The summed E-state index contributed by atoms with van der Waals surface area (Å²) in [5.74, 6) is -0.270. The summed E-state index contributed by atoms with van der Waals surface area (Å²) in [6, 6.07) is 5.38. The minimum absolute atomic E-state index is 0.270. The summed E-state index contributed by atoms with van der Waals surface area (Å²) in [6.07, 6.45) is -1.85. The highest BCUT2D eigenvalue weighted by molar-refractivity contribution is 6.09. The number of ether oxygens (including phenoxy) is 3. The minimum Gasteiger partial charge on any atom is -0.443 e. The summed E-state index contributed by atoms with van der Waals surface area (Å²) in [5, 5.41) is 0. The van der Waals surface area contributed by atoms with E-state index in [9.17, 15) is 14.4 Å². The molecule has 2 aromatic rings. The van der Waals surface area contributed by atoms with Crippen LogP contribution in [0.1, 0.15) is 73.6 Å². The van der Waals surface area contributed by atoms with Crippen molar-refractivity contribution in [1.82, 2.24) is 9.55 Å². The predicted octanol–water partition coefficient (Wildman–Crippen LogP) is 5.69. The number of aryl methyl sites for hydroxylation is 1. The van der Waals surface area contributed by atoms with E-state index in [1.165, 1.54) is 0 Å². The Balaban J connectivity index is 2.30. The van der Waals surface area contributed by atoms with Crippen LogP contribution in [0.2, 0.25) is 0 Å². The lowest BCUT2D eigenvalue weighted by atomic mass is 9.91. The smallest absolute Gasteiger partial charge is 0.427 e. The summed E-state index contributed by atoms with van der Waals surface area (Å²) >= 11 is 0. The summed E-state index contributed by atoms with van der Waals surface area (Å²) < 4.78 is 17.8. The van der Waals surface area contributed by atoms with Gasteiger partial charge in [-0.1, -0.05) is 12.1 Å². The summed E-state index contributed by atoms with van der Waals surface area (Å²) in [7, 11) is 0. The standard InChI is InChI=1S/C26H36N4O6/c1-24(2,3)34-21(31)29-19-16-11-10-12-17(27)15(16)13-14-18(19)28-20(29)30(22(32)35-25(4,5)6)23(33)36-26(7,8)9/h10-12H,13-14,27H2,1-9H3. The number of carbonyl (C=O) groups excluding carboxylic acids is 3. The molecule has 0 saturated carbocycles. The number of nitrogen functional groups attached to an aromatic ring is 1. The van der Waals surface area contributed by atoms with Crippen molar-refractivity contribution in [3.05, 3.63) is 29.5 Å². The van der Waals surface area contributed by atoms with E-state index in [1.54, 1.807) is 74.4 Å². The molecule has 1 heterocycles. The first kappa shape index (κ1) is 27.0. The summed E-state index contributed by atoms with van der Waals surface area (Å²) in [6.45, 7) is 15.2. The van der Waals surface area contributed by atoms with E-state index >= 15 is 0 Å². The van der Waals surface area contributed by atoms with E-state index in [2.05, 4.69) is 4.98 Å². The van der Waals surface area contributed by atoms with Gasteiger partial charge in [0.05, 0.1) is 11.4 Å². The Kier molecular flexibility index (Phi) is 6.87. The first-order valence-corrected chi connectivity index (χ1v) is 11.9. The molecule has 10 heteroatoms. The second-order valence-electron chi connectivity index (χ2n) is 11.7. The Morgan fingerprint density at radius 3 is 1.89 bits per heavy atom. The second kappa shape index (κ2) is 9.15. The van der Waals surface area contributed by atoms with E-state index in [0.717, 1.165) is 10.1 Å². The molecule has 0 radical (unpaired) electrons. The van der Waals surface area contributed by atoms with Crippen LogP contribution in [0.15, 0.2) is 18.2 Å². The van der Waals surface area contributed by atoms with Gasteiger partial charge >= 0.3 is 18.3 Å². The Bertz CT molecular complexity index is 1170. The van der Waals surface area contributed by atoms with Crippen molar-refractivity contribution in [3.63, 3.8) is 0 Å². The van der Waals surface area contributed by atoms with Crippen LogP contribution in [0, 0.1) is 0 Å². The third-order valence-electron chi connectivity index (χ3n) is 4.94. The molecular formula is C26H36N4O6. The van der Waals surface area contributed by atoms with E-state index in [1.807, 2.05) is 6.07 Å². The van der Waals surface area contributed by atoms with Crippen LogP contribution in [-0.2, 0) is 27.1 Å². The lowest BCUT2D eigenvalue weighted by Crippen LogP contribution is -2.45. The predicted molar refractivity (Wildman–Crippen MR) is 136 cm³/mol. The van der Waals surface area contributed by atoms with Crippen molar-refractivity contribution in [3.8, 4) is 11.3 Å². The van der Waals surface area contributed by atoms with Crippen molar-refractivity contribution in [2.75, 3.05) is 10.6 Å². The zero-order valence-corrected chi connectivity index (χ0v) is 22.5. The van der Waals surface area contributed by atoms with Crippen molar-refractivity contribution in [2.24, 2.45) is 0 Å². The molecule has 36 heavy (non-hydrogen) atoms. The third-order valence-corrected chi connectivity index (χ3v) is 4.94. The molecule has 0 spiro atoms. The fraction of sp³-hybridized carbons (Fsp3) is 0.538. The van der Waals surface area contributed by atoms with Crippen LogP contribution >= 0.6 is 0 Å². The monoisotopic (exact) mass is 500 g/mol. The van der Waals surface area contributed by atoms with Crippen LogP contribution in [0.5, 0.6) is 0 Å². The van der Waals surface area contributed by atoms with Crippen molar-refractivity contribution in [2.45, 2.75) is 92.0 Å². The summed E-state index contributed by atoms with van der Waals surface area (Å²) in [4.78, 5) is 45.5. The van der Waals surface area contributed by atoms with Gasteiger partial charge in [0.1, 0.15) is 16.8 Å². The van der Waals surface area contributed by atoms with Crippen LogP contribution in [0.4, 0.5) is 26.0 Å². The van der Waals surface area contributed by atoms with Crippen molar-refractivity contribution < 1.29 is 28.6 Å². The molecule has 2 N–H and O–H groups in total. The van der Waals surface area contributed by atoms with Gasteiger partial charge in [-0.2, -0.15) is 0 Å². The largest absolute Gasteiger partial charge is 0.443 e. The maximum Gasteiger partial charge on any atom is 0.427 e. The van der Waals surface area contributed by atoms with Gasteiger partial charge in [-0.15, -0.1) is 4.90 Å². The fourth-order valence-corrected chi connectivity index (χ4v) is 3.74. The Hall–Kier alpha value is -3.56. The van der Waals surface area contributed by atoms with E-state index in [4.69, 9.17) is 19.9 Å². The SMILES string of the molecule is CC(C)(C)OC(=O)N(C(=O)OC(C)(C)C)c1nc2c(n1C(=O)OC(C)(C)C)-c1cccc(N)c1CC2. The van der Waals surface area contributed by atoms with Gasteiger partial charge in [0, 0.05) is 11.3 Å². The molecule has 10 nitrogen and oxygen atoms in total. The molecule has 0 unspecified atom stereocenters. The quantitative estimate of drug-likeness (QED) is 0.391. The molecule has 0 aliphatic heterocycles. The van der Waals surface area contributed by atoms with Crippen molar-refractivity contribution >= 4 is 29.9 Å². The number of hydrogen-bond donors (Lipinski definition) is 1. The minimum atomic E-state index is -1.03. The number of fused-ring (bicyclic) bond motifs is 3. The first-order valence-electron chi connectivity index (χ1n) is 11.9. The zero-order chi connectivity index (χ0) is 27.2. The fourth-order valence-electron chi connectivity index (χ4n) is 3.74. The molecular weight excluding hydrogens is 464 g/mol. The van der Waals surface area contributed by atoms with Gasteiger partial charge < -0.3 is 19.9 Å². The molecule has 196 valence electrons. The average Bonchev–Trinajstić information content (AvgIpc) is 3.03. The number of aromatic nitrogens is 2. The lowest BCUT2D eigenvalue weighted by molar-refractivity contribution is 0.0423. The number of hydrogen-bond acceptors (Lipinski definition) is 8. The van der Waals surface area contributed by atoms with Gasteiger partial charge in [-0.05, 0) is 86.8 Å². The second-order valence-corrected chi connectivity index (χ2v) is 11.7. The van der Waals surface area contributed by atoms with Gasteiger partial charge in [0.2, 0.25) is 5.95 Å². The number of nitrogens with zero attached hydrogens (tertiary/aromatic N) is 3. The number of imidazole rings is 1. The van der Waals surface area contributed by atoms with Gasteiger partial charge in [-0.25, -0.2) is 23.9 Å². The molecule has 1 aliphatic rings. The lowest BCUT2D eigenvalue weighted by Gasteiger charge is -2.28. The zero-order valence-electron chi connectivity index (χ0n) is 22.5.